The molecule has 2 rings (SSSR count). The zero-order chi connectivity index (χ0) is 13.0. The zero-order valence-corrected chi connectivity index (χ0v) is 10.7. The van der Waals surface area contributed by atoms with Gasteiger partial charge in [0.15, 0.2) is 0 Å². The number of hydrogen-bond donors (Lipinski definition) is 1. The standard InChI is InChI=1S/C12H15FN2O2S/c13-10-1-2-12(15(16)17)11(7-10)14-8-9-3-5-18-6-4-9/h1-2,7,9,14H,3-6,8H2. The number of hydrogen-bond acceptors (Lipinski definition) is 4. The molecule has 1 N–H and O–H groups in total. The summed E-state index contributed by atoms with van der Waals surface area (Å²) in [5.41, 5.74) is 0.208. The van der Waals surface area contributed by atoms with Gasteiger partial charge in [0.1, 0.15) is 11.5 Å². The number of anilines is 1. The first kappa shape index (κ1) is 13.1. The molecule has 0 aliphatic carbocycles. The van der Waals surface area contributed by atoms with Crippen molar-refractivity contribution in [3.8, 4) is 0 Å². The summed E-state index contributed by atoms with van der Waals surface area (Å²) in [7, 11) is 0. The summed E-state index contributed by atoms with van der Waals surface area (Å²) in [6, 6.07) is 3.50. The molecule has 1 aromatic carbocycles. The predicted octanol–water partition coefficient (Wildman–Crippen LogP) is 3.29. The van der Waals surface area contributed by atoms with Gasteiger partial charge in [0.2, 0.25) is 0 Å². The van der Waals surface area contributed by atoms with Crippen LogP contribution in [-0.4, -0.2) is 23.0 Å². The fraction of sp³-hybridized carbons (Fsp3) is 0.500. The van der Waals surface area contributed by atoms with E-state index in [0.717, 1.165) is 30.4 Å². The van der Waals surface area contributed by atoms with Gasteiger partial charge in [-0.25, -0.2) is 4.39 Å². The molecule has 0 atom stereocenters. The maximum Gasteiger partial charge on any atom is 0.292 e. The van der Waals surface area contributed by atoms with Crippen molar-refractivity contribution >= 4 is 23.1 Å². The van der Waals surface area contributed by atoms with Crippen molar-refractivity contribution in [1.82, 2.24) is 0 Å². The molecule has 6 heteroatoms. The van der Waals surface area contributed by atoms with Crippen LogP contribution in [-0.2, 0) is 0 Å². The number of nitrogens with one attached hydrogen (secondary N) is 1. The van der Waals surface area contributed by atoms with E-state index in [9.17, 15) is 14.5 Å². The van der Waals surface area contributed by atoms with Crippen LogP contribution in [0, 0.1) is 21.8 Å². The topological polar surface area (TPSA) is 55.2 Å². The average Bonchev–Trinajstić information content (AvgIpc) is 2.37. The van der Waals surface area contributed by atoms with E-state index in [1.807, 2.05) is 11.8 Å². The van der Waals surface area contributed by atoms with Crippen LogP contribution in [0.1, 0.15) is 12.8 Å². The second-order valence-corrected chi connectivity index (χ2v) is 5.58. The van der Waals surface area contributed by atoms with Crippen LogP contribution in [0.4, 0.5) is 15.8 Å². The molecule has 0 bridgehead atoms. The molecule has 1 fully saturated rings. The van der Waals surface area contributed by atoms with Gasteiger partial charge in [-0.2, -0.15) is 11.8 Å². The van der Waals surface area contributed by atoms with Crippen LogP contribution >= 0.6 is 11.8 Å². The molecule has 98 valence electrons. The summed E-state index contributed by atoms with van der Waals surface area (Å²) >= 11 is 1.93. The summed E-state index contributed by atoms with van der Waals surface area (Å²) in [5.74, 6) is 2.34. The van der Waals surface area contributed by atoms with Gasteiger partial charge in [0.05, 0.1) is 4.92 Å². The SMILES string of the molecule is O=[N+]([O-])c1ccc(F)cc1NCC1CCSCC1. The Morgan fingerprint density at radius 3 is 2.83 bits per heavy atom. The lowest BCUT2D eigenvalue weighted by Gasteiger charge is -2.21. The number of rotatable bonds is 4. The average molecular weight is 270 g/mol. The predicted molar refractivity (Wildman–Crippen MR) is 71.6 cm³/mol. The van der Waals surface area contributed by atoms with Crippen LogP contribution in [0.5, 0.6) is 0 Å². The zero-order valence-electron chi connectivity index (χ0n) is 9.89. The lowest BCUT2D eigenvalue weighted by atomic mass is 10.0. The van der Waals surface area contributed by atoms with E-state index in [4.69, 9.17) is 0 Å². The first-order valence-electron chi connectivity index (χ1n) is 5.92. The molecule has 1 aromatic rings. The highest BCUT2D eigenvalue weighted by Crippen LogP contribution is 2.27. The van der Waals surface area contributed by atoms with E-state index in [2.05, 4.69) is 5.32 Å². The van der Waals surface area contributed by atoms with Crippen molar-refractivity contribution in [3.05, 3.63) is 34.1 Å². The van der Waals surface area contributed by atoms with Gasteiger partial charge < -0.3 is 5.32 Å². The summed E-state index contributed by atoms with van der Waals surface area (Å²) in [4.78, 5) is 10.3. The molecule has 1 aliphatic rings. The molecular formula is C12H15FN2O2S. The summed E-state index contributed by atoms with van der Waals surface area (Å²) in [6.07, 6.45) is 2.22. The summed E-state index contributed by atoms with van der Waals surface area (Å²) in [5, 5.41) is 13.8. The number of thioether (sulfide) groups is 1. The van der Waals surface area contributed by atoms with Crippen molar-refractivity contribution in [2.24, 2.45) is 5.92 Å². The second-order valence-electron chi connectivity index (χ2n) is 4.36. The lowest BCUT2D eigenvalue weighted by molar-refractivity contribution is -0.384. The van der Waals surface area contributed by atoms with Gasteiger partial charge in [-0.15, -0.1) is 0 Å². The third-order valence-corrected chi connectivity index (χ3v) is 4.13. The largest absolute Gasteiger partial charge is 0.379 e. The molecule has 1 aliphatic heterocycles. The lowest BCUT2D eigenvalue weighted by Crippen LogP contribution is -2.19. The quantitative estimate of drug-likeness (QED) is 0.673. The van der Waals surface area contributed by atoms with Crippen LogP contribution < -0.4 is 5.32 Å². The summed E-state index contributed by atoms with van der Waals surface area (Å²) < 4.78 is 13.1. The van der Waals surface area contributed by atoms with Crippen LogP contribution in [0.2, 0.25) is 0 Å². The van der Waals surface area contributed by atoms with Gasteiger partial charge in [-0.1, -0.05) is 0 Å². The van der Waals surface area contributed by atoms with Crippen molar-refractivity contribution in [3.63, 3.8) is 0 Å². The molecule has 0 unspecified atom stereocenters. The molecule has 0 spiro atoms. The fourth-order valence-corrected chi connectivity index (χ4v) is 3.22. The molecule has 18 heavy (non-hydrogen) atoms. The minimum atomic E-state index is -0.488. The van der Waals surface area contributed by atoms with E-state index in [-0.39, 0.29) is 11.4 Å². The Morgan fingerprint density at radius 2 is 2.17 bits per heavy atom. The van der Waals surface area contributed by atoms with E-state index in [1.165, 1.54) is 12.1 Å². The number of nitrogens with zero attached hydrogens (tertiary/aromatic N) is 1. The maximum atomic E-state index is 13.1. The van der Waals surface area contributed by atoms with Crippen molar-refractivity contribution in [2.45, 2.75) is 12.8 Å². The first-order valence-corrected chi connectivity index (χ1v) is 7.08. The van der Waals surface area contributed by atoms with Gasteiger partial charge in [0, 0.05) is 18.7 Å². The molecule has 1 saturated heterocycles. The third kappa shape index (κ3) is 3.35. The number of nitro benzene ring substituents is 1. The molecule has 0 radical (unpaired) electrons. The molecule has 1 heterocycles. The second kappa shape index (κ2) is 6.04. The van der Waals surface area contributed by atoms with E-state index in [0.29, 0.717) is 12.5 Å². The Bertz CT molecular complexity index is 436. The Balaban J connectivity index is 2.03. The van der Waals surface area contributed by atoms with E-state index >= 15 is 0 Å². The normalized spacial score (nSPS) is 16.5. The highest BCUT2D eigenvalue weighted by atomic mass is 32.2. The minimum absolute atomic E-state index is 0.0680. The smallest absolute Gasteiger partial charge is 0.292 e. The Labute approximate surface area is 109 Å². The van der Waals surface area contributed by atoms with E-state index < -0.39 is 10.7 Å². The molecule has 0 saturated carbocycles. The monoisotopic (exact) mass is 270 g/mol. The van der Waals surface area contributed by atoms with Crippen LogP contribution in [0.3, 0.4) is 0 Å². The Kier molecular flexibility index (Phi) is 4.41. The highest BCUT2D eigenvalue weighted by Gasteiger charge is 2.17. The van der Waals surface area contributed by atoms with Gasteiger partial charge in [0.25, 0.3) is 5.69 Å². The van der Waals surface area contributed by atoms with Crippen molar-refractivity contribution in [1.29, 1.82) is 0 Å². The third-order valence-electron chi connectivity index (χ3n) is 3.08. The maximum absolute atomic E-state index is 13.1. The van der Waals surface area contributed by atoms with Gasteiger partial charge in [-0.3, -0.25) is 10.1 Å². The Morgan fingerprint density at radius 1 is 1.44 bits per heavy atom. The molecule has 0 aromatic heterocycles. The number of benzene rings is 1. The minimum Gasteiger partial charge on any atom is -0.379 e. The van der Waals surface area contributed by atoms with Crippen LogP contribution in [0.15, 0.2) is 18.2 Å². The summed E-state index contributed by atoms with van der Waals surface area (Å²) in [6.45, 7) is 0.671. The molecule has 0 amide bonds. The van der Waals surface area contributed by atoms with Crippen molar-refractivity contribution < 1.29 is 9.31 Å². The Hall–Kier alpha value is -1.30. The molecular weight excluding hydrogens is 255 g/mol. The number of halogens is 1. The molecule has 4 nitrogen and oxygen atoms in total. The van der Waals surface area contributed by atoms with E-state index in [1.54, 1.807) is 0 Å². The van der Waals surface area contributed by atoms with Gasteiger partial charge >= 0.3 is 0 Å². The fourth-order valence-electron chi connectivity index (χ4n) is 2.01. The number of nitro groups is 1. The van der Waals surface area contributed by atoms with Crippen molar-refractivity contribution in [2.75, 3.05) is 23.4 Å². The van der Waals surface area contributed by atoms with Gasteiger partial charge in [-0.05, 0) is 36.3 Å². The highest BCUT2D eigenvalue weighted by molar-refractivity contribution is 7.99. The van der Waals surface area contributed by atoms with Crippen LogP contribution in [0.25, 0.3) is 0 Å². The first-order chi connectivity index (χ1) is 8.66.